The molecule has 6 nitrogen and oxygen atoms in total. The van der Waals surface area contributed by atoms with E-state index in [1.54, 1.807) is 0 Å². The number of rotatable bonds is 3. The number of para-hydroxylation sites is 1. The summed E-state index contributed by atoms with van der Waals surface area (Å²) < 4.78 is 5.78. The molecule has 0 atom stereocenters. The van der Waals surface area contributed by atoms with Crippen molar-refractivity contribution in [3.8, 4) is 16.9 Å². The number of nitrogens with zero attached hydrogens (tertiary/aromatic N) is 2. The average molecular weight is 319 g/mol. The molecule has 120 valence electrons. The van der Waals surface area contributed by atoms with E-state index in [2.05, 4.69) is 15.0 Å². The van der Waals surface area contributed by atoms with Crippen molar-refractivity contribution < 1.29 is 4.74 Å². The Kier molecular flexibility index (Phi) is 3.23. The van der Waals surface area contributed by atoms with Gasteiger partial charge in [-0.1, -0.05) is 18.2 Å². The third-order valence-corrected chi connectivity index (χ3v) is 4.03. The molecule has 5 N–H and O–H groups in total. The van der Waals surface area contributed by atoms with E-state index in [4.69, 9.17) is 16.2 Å². The highest BCUT2D eigenvalue weighted by Crippen LogP contribution is 2.39. The van der Waals surface area contributed by atoms with E-state index in [-0.39, 0.29) is 5.95 Å². The molecule has 0 saturated carbocycles. The minimum atomic E-state index is 0.166. The van der Waals surface area contributed by atoms with Crippen molar-refractivity contribution >= 4 is 33.6 Å². The highest BCUT2D eigenvalue weighted by atomic mass is 16.5. The molecule has 0 radical (unpaired) electrons. The Labute approximate surface area is 138 Å². The van der Waals surface area contributed by atoms with Crippen LogP contribution in [0, 0.1) is 0 Å². The molecule has 0 saturated heterocycles. The largest absolute Gasteiger partial charge is 0.493 e. The fourth-order valence-electron chi connectivity index (χ4n) is 3.09. The van der Waals surface area contributed by atoms with Crippen molar-refractivity contribution in [3.63, 3.8) is 0 Å². The van der Waals surface area contributed by atoms with Crippen LogP contribution in [0.25, 0.3) is 32.9 Å². The Hall–Kier alpha value is -3.28. The summed E-state index contributed by atoms with van der Waals surface area (Å²) >= 11 is 0. The SMILES string of the molecule is CCOc1ccccc1-c1cc2nc(N)nc(N)c2c2cc[nH]c12. The lowest BCUT2D eigenvalue weighted by Crippen LogP contribution is -2.01. The molecule has 0 bridgehead atoms. The van der Waals surface area contributed by atoms with Crippen LogP contribution < -0.4 is 16.2 Å². The summed E-state index contributed by atoms with van der Waals surface area (Å²) in [6.45, 7) is 2.57. The molecule has 0 unspecified atom stereocenters. The number of nitrogens with two attached hydrogens (primary N) is 2. The molecule has 6 heteroatoms. The second-order valence-corrected chi connectivity index (χ2v) is 5.48. The number of nitrogen functional groups attached to an aromatic ring is 2. The quantitative estimate of drug-likeness (QED) is 0.537. The second-order valence-electron chi connectivity index (χ2n) is 5.48. The third-order valence-electron chi connectivity index (χ3n) is 4.03. The summed E-state index contributed by atoms with van der Waals surface area (Å²) in [6, 6.07) is 11.9. The molecule has 24 heavy (non-hydrogen) atoms. The van der Waals surface area contributed by atoms with Crippen molar-refractivity contribution in [1.82, 2.24) is 15.0 Å². The van der Waals surface area contributed by atoms with E-state index in [9.17, 15) is 0 Å². The average Bonchev–Trinajstić information content (AvgIpc) is 3.03. The van der Waals surface area contributed by atoms with Gasteiger partial charge in [-0.15, -0.1) is 0 Å². The first kappa shape index (κ1) is 14.3. The fourth-order valence-corrected chi connectivity index (χ4v) is 3.09. The van der Waals surface area contributed by atoms with Crippen LogP contribution in [0.5, 0.6) is 5.75 Å². The molecule has 2 heterocycles. The minimum Gasteiger partial charge on any atom is -0.493 e. The zero-order valence-electron chi connectivity index (χ0n) is 13.2. The zero-order chi connectivity index (χ0) is 16.7. The number of hydrogen-bond acceptors (Lipinski definition) is 5. The summed E-state index contributed by atoms with van der Waals surface area (Å²) in [4.78, 5) is 11.7. The lowest BCUT2D eigenvalue weighted by Gasteiger charge is -2.13. The molecule has 4 rings (SSSR count). The number of aromatic amines is 1. The van der Waals surface area contributed by atoms with E-state index >= 15 is 0 Å². The van der Waals surface area contributed by atoms with Crippen LogP contribution in [0.1, 0.15) is 6.92 Å². The van der Waals surface area contributed by atoms with Gasteiger partial charge in [0.25, 0.3) is 0 Å². The molecule has 0 aliphatic heterocycles. The molecular weight excluding hydrogens is 302 g/mol. The maximum absolute atomic E-state index is 6.08. The van der Waals surface area contributed by atoms with E-state index in [1.807, 2.05) is 49.5 Å². The first-order valence-electron chi connectivity index (χ1n) is 7.74. The van der Waals surface area contributed by atoms with E-state index in [0.29, 0.717) is 17.9 Å². The normalized spacial score (nSPS) is 11.2. The third kappa shape index (κ3) is 2.11. The smallest absolute Gasteiger partial charge is 0.222 e. The van der Waals surface area contributed by atoms with Gasteiger partial charge >= 0.3 is 0 Å². The maximum Gasteiger partial charge on any atom is 0.222 e. The van der Waals surface area contributed by atoms with Crippen molar-refractivity contribution in [1.29, 1.82) is 0 Å². The Morgan fingerprint density at radius 3 is 2.75 bits per heavy atom. The summed E-state index contributed by atoms with van der Waals surface area (Å²) in [7, 11) is 0. The Balaban J connectivity index is 2.11. The van der Waals surface area contributed by atoms with Crippen LogP contribution >= 0.6 is 0 Å². The molecule has 0 amide bonds. The fraction of sp³-hybridized carbons (Fsp3) is 0.111. The van der Waals surface area contributed by atoms with Crippen molar-refractivity contribution in [2.45, 2.75) is 6.92 Å². The molecule has 0 spiro atoms. The van der Waals surface area contributed by atoms with Gasteiger partial charge in [-0.25, -0.2) is 4.98 Å². The Morgan fingerprint density at radius 2 is 1.92 bits per heavy atom. The monoisotopic (exact) mass is 319 g/mol. The van der Waals surface area contributed by atoms with Gasteiger partial charge in [0.2, 0.25) is 5.95 Å². The number of ether oxygens (including phenoxy) is 1. The molecule has 0 fully saturated rings. The molecule has 0 aliphatic carbocycles. The molecule has 4 aromatic rings. The van der Waals surface area contributed by atoms with Gasteiger partial charge in [-0.2, -0.15) is 4.98 Å². The van der Waals surface area contributed by atoms with Gasteiger partial charge in [0.15, 0.2) is 0 Å². The number of aromatic nitrogens is 3. The molecule has 0 aliphatic rings. The van der Waals surface area contributed by atoms with Gasteiger partial charge in [0.1, 0.15) is 11.6 Å². The van der Waals surface area contributed by atoms with Crippen LogP contribution in [0.4, 0.5) is 11.8 Å². The Bertz CT molecular complexity index is 1050. The van der Waals surface area contributed by atoms with Gasteiger partial charge in [0, 0.05) is 22.7 Å². The predicted molar refractivity (Wildman–Crippen MR) is 96.8 cm³/mol. The number of benzene rings is 2. The highest BCUT2D eigenvalue weighted by molar-refractivity contribution is 6.15. The Morgan fingerprint density at radius 1 is 1.08 bits per heavy atom. The highest BCUT2D eigenvalue weighted by Gasteiger charge is 2.16. The van der Waals surface area contributed by atoms with E-state index in [1.165, 1.54) is 0 Å². The summed E-state index contributed by atoms with van der Waals surface area (Å²) in [5, 5.41) is 1.77. The summed E-state index contributed by atoms with van der Waals surface area (Å²) in [5.74, 6) is 1.37. The lowest BCUT2D eigenvalue weighted by molar-refractivity contribution is 0.341. The molecule has 2 aromatic carbocycles. The zero-order valence-corrected chi connectivity index (χ0v) is 13.2. The van der Waals surface area contributed by atoms with Crippen molar-refractivity contribution in [3.05, 3.63) is 42.6 Å². The van der Waals surface area contributed by atoms with E-state index in [0.717, 1.165) is 33.2 Å². The number of H-pyrrole nitrogens is 1. The maximum atomic E-state index is 6.08. The number of hydrogen-bond donors (Lipinski definition) is 3. The predicted octanol–water partition coefficient (Wildman–Crippen LogP) is 3.34. The van der Waals surface area contributed by atoms with Gasteiger partial charge in [0.05, 0.1) is 23.0 Å². The summed E-state index contributed by atoms with van der Waals surface area (Å²) in [6.07, 6.45) is 1.88. The van der Waals surface area contributed by atoms with Crippen LogP contribution in [0.15, 0.2) is 42.6 Å². The van der Waals surface area contributed by atoms with Crippen molar-refractivity contribution in [2.24, 2.45) is 0 Å². The molecular formula is C18H17N5O. The first-order chi connectivity index (χ1) is 11.7. The number of nitrogens with one attached hydrogen (secondary N) is 1. The van der Waals surface area contributed by atoms with Gasteiger partial charge < -0.3 is 21.2 Å². The van der Waals surface area contributed by atoms with Gasteiger partial charge in [-0.3, -0.25) is 0 Å². The van der Waals surface area contributed by atoms with E-state index < -0.39 is 0 Å². The molecule has 2 aromatic heterocycles. The number of anilines is 2. The van der Waals surface area contributed by atoms with Crippen LogP contribution in [0.2, 0.25) is 0 Å². The minimum absolute atomic E-state index is 0.166. The standard InChI is InChI=1S/C18H17N5O/c1-2-24-14-6-4-3-5-10(14)12-9-13-15(11-7-8-21-16(11)12)17(19)23-18(20)22-13/h3-9,21H,2H2,1H3,(H4,19,20,22,23). The number of fused-ring (bicyclic) bond motifs is 3. The summed E-state index contributed by atoms with van der Waals surface area (Å²) in [5.41, 5.74) is 15.5. The first-order valence-corrected chi connectivity index (χ1v) is 7.74. The van der Waals surface area contributed by atoms with Crippen LogP contribution in [-0.2, 0) is 0 Å². The second kappa shape index (κ2) is 5.42. The van der Waals surface area contributed by atoms with Crippen LogP contribution in [0.3, 0.4) is 0 Å². The van der Waals surface area contributed by atoms with Crippen molar-refractivity contribution in [2.75, 3.05) is 18.1 Å². The topological polar surface area (TPSA) is 103 Å². The lowest BCUT2D eigenvalue weighted by atomic mass is 9.99. The van der Waals surface area contributed by atoms with Crippen LogP contribution in [-0.4, -0.2) is 21.6 Å². The van der Waals surface area contributed by atoms with Gasteiger partial charge in [-0.05, 0) is 25.1 Å².